The van der Waals surface area contributed by atoms with Crippen molar-refractivity contribution in [2.45, 2.75) is 6.18 Å². The third-order valence-corrected chi connectivity index (χ3v) is 3.23. The van der Waals surface area contributed by atoms with Gasteiger partial charge in [0.2, 0.25) is 0 Å². The van der Waals surface area contributed by atoms with Crippen LogP contribution in [0.4, 0.5) is 13.2 Å². The van der Waals surface area contributed by atoms with Crippen LogP contribution < -0.4 is 0 Å². The van der Waals surface area contributed by atoms with E-state index in [2.05, 4.69) is 10.1 Å². The van der Waals surface area contributed by atoms with Crippen LogP contribution in [0.3, 0.4) is 0 Å². The molecule has 0 fully saturated rings. The maximum Gasteiger partial charge on any atom is 0.416 e. The number of hydrogen-bond acceptors (Lipinski definition) is 3. The van der Waals surface area contributed by atoms with Crippen LogP contribution >= 0.6 is 0 Å². The molecule has 0 amide bonds. The number of fused-ring (bicyclic) bond motifs is 1. The second kappa shape index (κ2) is 5.18. The molecule has 3 rings (SSSR count). The van der Waals surface area contributed by atoms with Crippen molar-refractivity contribution >= 4 is 11.9 Å². The number of imidazole rings is 1. The average Bonchev–Trinajstić information content (AvgIpc) is 2.90. The Balaban J connectivity index is 2.11. The molecule has 0 aliphatic carbocycles. The summed E-state index contributed by atoms with van der Waals surface area (Å²) in [7, 11) is 0. The molecule has 2 aromatic heterocycles. The van der Waals surface area contributed by atoms with E-state index in [9.17, 15) is 13.2 Å². The van der Waals surface area contributed by atoms with Crippen LogP contribution in [-0.4, -0.2) is 20.8 Å². The Hall–Kier alpha value is -2.83. The molecule has 0 saturated heterocycles. The summed E-state index contributed by atoms with van der Waals surface area (Å²) in [4.78, 5) is 4.17. The van der Waals surface area contributed by atoms with Gasteiger partial charge < -0.3 is 5.21 Å². The van der Waals surface area contributed by atoms with Crippen LogP contribution in [0.2, 0.25) is 0 Å². The van der Waals surface area contributed by atoms with Gasteiger partial charge in [-0.3, -0.25) is 4.40 Å². The fraction of sp³-hybridized carbons (Fsp3) is 0.0667. The minimum atomic E-state index is -4.39. The molecule has 0 saturated carbocycles. The fourth-order valence-electron chi connectivity index (χ4n) is 2.21. The highest BCUT2D eigenvalue weighted by atomic mass is 19.4. The molecule has 2 heterocycles. The van der Waals surface area contributed by atoms with E-state index in [0.29, 0.717) is 22.5 Å². The molecule has 0 atom stereocenters. The number of rotatable bonds is 2. The number of pyridine rings is 1. The molecular formula is C15H10F3N3O. The summed E-state index contributed by atoms with van der Waals surface area (Å²) in [5.41, 5.74) is 1.45. The quantitative estimate of drug-likeness (QED) is 0.444. The van der Waals surface area contributed by atoms with E-state index in [0.717, 1.165) is 12.1 Å². The van der Waals surface area contributed by atoms with Gasteiger partial charge >= 0.3 is 6.18 Å². The van der Waals surface area contributed by atoms with Crippen LogP contribution in [0.1, 0.15) is 11.1 Å². The fourth-order valence-corrected chi connectivity index (χ4v) is 2.21. The Morgan fingerprint density at radius 2 is 2.00 bits per heavy atom. The predicted molar refractivity (Wildman–Crippen MR) is 75.0 cm³/mol. The number of benzene rings is 1. The van der Waals surface area contributed by atoms with Crippen molar-refractivity contribution in [1.82, 2.24) is 9.38 Å². The number of hydrogen-bond donors (Lipinski definition) is 1. The number of halogens is 3. The molecule has 0 aliphatic heterocycles. The zero-order valence-corrected chi connectivity index (χ0v) is 11.1. The van der Waals surface area contributed by atoms with E-state index in [4.69, 9.17) is 5.21 Å². The zero-order chi connectivity index (χ0) is 15.7. The van der Waals surface area contributed by atoms with E-state index in [1.807, 2.05) is 0 Å². The lowest BCUT2D eigenvalue weighted by atomic mass is 10.1. The van der Waals surface area contributed by atoms with Gasteiger partial charge in [0.15, 0.2) is 0 Å². The van der Waals surface area contributed by atoms with E-state index < -0.39 is 11.7 Å². The zero-order valence-electron chi connectivity index (χ0n) is 11.1. The summed E-state index contributed by atoms with van der Waals surface area (Å²) in [5, 5.41) is 11.4. The molecule has 0 unspecified atom stereocenters. The number of oxime groups is 1. The summed E-state index contributed by atoms with van der Waals surface area (Å²) < 4.78 is 40.1. The molecule has 112 valence electrons. The van der Waals surface area contributed by atoms with Crippen molar-refractivity contribution in [2.24, 2.45) is 5.16 Å². The van der Waals surface area contributed by atoms with Crippen molar-refractivity contribution in [2.75, 3.05) is 0 Å². The molecule has 0 bridgehead atoms. The van der Waals surface area contributed by atoms with Crippen LogP contribution in [0.5, 0.6) is 0 Å². The molecular weight excluding hydrogens is 295 g/mol. The van der Waals surface area contributed by atoms with Gasteiger partial charge in [0.25, 0.3) is 0 Å². The number of nitrogens with zero attached hydrogens (tertiary/aromatic N) is 3. The highest BCUT2D eigenvalue weighted by molar-refractivity contribution is 5.81. The summed E-state index contributed by atoms with van der Waals surface area (Å²) >= 11 is 0. The molecule has 0 aliphatic rings. The highest BCUT2D eigenvalue weighted by Crippen LogP contribution is 2.32. The summed E-state index contributed by atoms with van der Waals surface area (Å²) in [6.07, 6.45) is 0.0273. The summed E-state index contributed by atoms with van der Waals surface area (Å²) in [6.45, 7) is 0. The Morgan fingerprint density at radius 1 is 1.18 bits per heavy atom. The van der Waals surface area contributed by atoms with Crippen LogP contribution in [-0.2, 0) is 6.18 Å². The molecule has 0 spiro atoms. The van der Waals surface area contributed by atoms with E-state index >= 15 is 0 Å². The van der Waals surface area contributed by atoms with Gasteiger partial charge in [-0.05, 0) is 24.3 Å². The monoisotopic (exact) mass is 305 g/mol. The largest absolute Gasteiger partial charge is 0.416 e. The van der Waals surface area contributed by atoms with Crippen LogP contribution in [0.15, 0.2) is 53.9 Å². The van der Waals surface area contributed by atoms with Gasteiger partial charge in [-0.2, -0.15) is 13.2 Å². The van der Waals surface area contributed by atoms with Crippen LogP contribution in [0.25, 0.3) is 16.9 Å². The molecule has 1 N–H and O–H groups in total. The molecule has 7 heteroatoms. The normalized spacial score (nSPS) is 12.3. The molecule has 22 heavy (non-hydrogen) atoms. The van der Waals surface area contributed by atoms with E-state index in [-0.39, 0.29) is 0 Å². The second-order valence-electron chi connectivity index (χ2n) is 4.65. The SMILES string of the molecule is ON=Cc1ccn2c(-c3cccc(C(F)(F)F)c3)cnc2c1. The molecule has 0 radical (unpaired) electrons. The molecule has 1 aromatic carbocycles. The van der Waals surface area contributed by atoms with Crippen LogP contribution in [0, 0.1) is 0 Å². The Labute approximate surface area is 123 Å². The average molecular weight is 305 g/mol. The minimum absolute atomic E-state index is 0.422. The van der Waals surface area contributed by atoms with Gasteiger partial charge in [0.05, 0.1) is 23.7 Å². The van der Waals surface area contributed by atoms with Crippen molar-refractivity contribution in [1.29, 1.82) is 0 Å². The Morgan fingerprint density at radius 3 is 2.73 bits per heavy atom. The molecule has 3 aromatic rings. The first-order valence-corrected chi connectivity index (χ1v) is 6.31. The first-order chi connectivity index (χ1) is 10.5. The molecule has 4 nitrogen and oxygen atoms in total. The maximum atomic E-state index is 12.8. The Kier molecular flexibility index (Phi) is 3.32. The first-order valence-electron chi connectivity index (χ1n) is 6.31. The maximum absolute atomic E-state index is 12.8. The van der Waals surface area contributed by atoms with Crippen molar-refractivity contribution in [3.63, 3.8) is 0 Å². The topological polar surface area (TPSA) is 49.9 Å². The lowest BCUT2D eigenvalue weighted by Crippen LogP contribution is -2.04. The lowest BCUT2D eigenvalue weighted by Gasteiger charge is -2.08. The van der Waals surface area contributed by atoms with Gasteiger partial charge in [0, 0.05) is 17.3 Å². The predicted octanol–water partition coefficient (Wildman–Crippen LogP) is 3.83. The summed E-state index contributed by atoms with van der Waals surface area (Å²) in [5.74, 6) is 0. The lowest BCUT2D eigenvalue weighted by molar-refractivity contribution is -0.137. The van der Waals surface area contributed by atoms with Crippen molar-refractivity contribution < 1.29 is 18.4 Å². The number of alkyl halides is 3. The van der Waals surface area contributed by atoms with Crippen molar-refractivity contribution in [3.05, 3.63) is 59.9 Å². The van der Waals surface area contributed by atoms with E-state index in [1.54, 1.807) is 28.8 Å². The van der Waals surface area contributed by atoms with E-state index in [1.165, 1.54) is 18.5 Å². The number of aromatic nitrogens is 2. The Bertz CT molecular complexity index is 853. The standard InChI is InChI=1S/C15H10F3N3O/c16-15(17,18)12-3-1-2-11(7-12)13-9-19-14-6-10(8-20-22)4-5-21(13)14/h1-9,22H. The van der Waals surface area contributed by atoms with Gasteiger partial charge in [-0.1, -0.05) is 17.3 Å². The third-order valence-electron chi connectivity index (χ3n) is 3.23. The highest BCUT2D eigenvalue weighted by Gasteiger charge is 2.30. The first kappa shape index (κ1) is 14.1. The van der Waals surface area contributed by atoms with Gasteiger partial charge in [-0.25, -0.2) is 4.98 Å². The van der Waals surface area contributed by atoms with Gasteiger partial charge in [-0.15, -0.1) is 0 Å². The van der Waals surface area contributed by atoms with Gasteiger partial charge in [0.1, 0.15) is 5.65 Å². The van der Waals surface area contributed by atoms with Crippen molar-refractivity contribution in [3.8, 4) is 11.3 Å². The second-order valence-corrected chi connectivity index (χ2v) is 4.65. The minimum Gasteiger partial charge on any atom is -0.411 e. The smallest absolute Gasteiger partial charge is 0.411 e. The third kappa shape index (κ3) is 2.52. The summed E-state index contributed by atoms with van der Waals surface area (Å²) in [6, 6.07) is 8.42.